The Kier molecular flexibility index (Phi) is 5.03. The van der Waals surface area contributed by atoms with Crippen molar-refractivity contribution < 1.29 is 14.3 Å². The number of ether oxygens (including phenoxy) is 2. The van der Waals surface area contributed by atoms with Crippen LogP contribution in [0.5, 0.6) is 5.88 Å². The number of esters is 1. The summed E-state index contributed by atoms with van der Waals surface area (Å²) in [6.45, 7) is 6.74. The third-order valence-corrected chi connectivity index (χ3v) is 4.04. The molecule has 0 aromatic carbocycles. The predicted octanol–water partition coefficient (Wildman–Crippen LogP) is 4.14. The highest BCUT2D eigenvalue weighted by molar-refractivity contribution is 5.99. The maximum absolute atomic E-state index is 12.5. The van der Waals surface area contributed by atoms with E-state index in [9.17, 15) is 4.79 Å². The monoisotopic (exact) mass is 338 g/mol. The van der Waals surface area contributed by atoms with Crippen molar-refractivity contribution in [1.82, 2.24) is 9.38 Å². The SMILES string of the molecule is CCOC(=O)c1cc2cc(CC)ccn2c1-c1ccc(OCC)nc1. The lowest BCUT2D eigenvalue weighted by Crippen LogP contribution is -2.05. The number of hydrogen-bond acceptors (Lipinski definition) is 4. The Morgan fingerprint density at radius 3 is 2.60 bits per heavy atom. The number of pyridine rings is 2. The molecule has 3 aromatic heterocycles. The van der Waals surface area contributed by atoms with Gasteiger partial charge in [0.25, 0.3) is 0 Å². The number of aryl methyl sites for hydroxylation is 1. The highest BCUT2D eigenvalue weighted by atomic mass is 16.5. The molecule has 0 bridgehead atoms. The molecule has 0 saturated carbocycles. The van der Waals surface area contributed by atoms with Gasteiger partial charge in [0.15, 0.2) is 0 Å². The average Bonchev–Trinajstić information content (AvgIpc) is 3.01. The second kappa shape index (κ2) is 7.38. The zero-order chi connectivity index (χ0) is 17.8. The van der Waals surface area contributed by atoms with E-state index in [0.29, 0.717) is 24.7 Å². The maximum atomic E-state index is 12.5. The van der Waals surface area contributed by atoms with Crippen LogP contribution in [0, 0.1) is 0 Å². The first-order chi connectivity index (χ1) is 12.2. The molecule has 3 rings (SSSR count). The lowest BCUT2D eigenvalue weighted by atomic mass is 10.1. The second-order valence-corrected chi connectivity index (χ2v) is 5.63. The van der Waals surface area contributed by atoms with Crippen LogP contribution < -0.4 is 4.74 Å². The minimum atomic E-state index is -0.326. The molecule has 0 atom stereocenters. The minimum absolute atomic E-state index is 0.326. The van der Waals surface area contributed by atoms with Crippen molar-refractivity contribution in [3.05, 3.63) is 53.9 Å². The van der Waals surface area contributed by atoms with Crippen LogP contribution in [0.2, 0.25) is 0 Å². The summed E-state index contributed by atoms with van der Waals surface area (Å²) in [4.78, 5) is 16.8. The molecule has 0 unspecified atom stereocenters. The van der Waals surface area contributed by atoms with Gasteiger partial charge < -0.3 is 13.9 Å². The molecular weight excluding hydrogens is 316 g/mol. The van der Waals surface area contributed by atoms with Crippen molar-refractivity contribution >= 4 is 11.5 Å². The number of aromatic nitrogens is 2. The molecule has 0 spiro atoms. The topological polar surface area (TPSA) is 52.8 Å². The average molecular weight is 338 g/mol. The summed E-state index contributed by atoms with van der Waals surface area (Å²) < 4.78 is 12.6. The van der Waals surface area contributed by atoms with Crippen LogP contribution in [-0.2, 0) is 11.2 Å². The lowest BCUT2D eigenvalue weighted by Gasteiger charge is -2.08. The van der Waals surface area contributed by atoms with Crippen molar-refractivity contribution in [2.75, 3.05) is 13.2 Å². The molecule has 0 amide bonds. The molecule has 3 heterocycles. The molecule has 0 N–H and O–H groups in total. The lowest BCUT2D eigenvalue weighted by molar-refractivity contribution is 0.0527. The summed E-state index contributed by atoms with van der Waals surface area (Å²) in [5.41, 5.74) is 4.35. The quantitative estimate of drug-likeness (QED) is 0.634. The Morgan fingerprint density at radius 2 is 1.96 bits per heavy atom. The van der Waals surface area contributed by atoms with Gasteiger partial charge >= 0.3 is 5.97 Å². The van der Waals surface area contributed by atoms with Crippen LogP contribution in [0.25, 0.3) is 16.8 Å². The smallest absolute Gasteiger partial charge is 0.340 e. The molecule has 0 aliphatic carbocycles. The third-order valence-electron chi connectivity index (χ3n) is 4.04. The van der Waals surface area contributed by atoms with E-state index in [1.54, 1.807) is 13.1 Å². The fraction of sp³-hybridized carbons (Fsp3) is 0.300. The van der Waals surface area contributed by atoms with Gasteiger partial charge in [-0.05, 0) is 50.1 Å². The number of nitrogens with zero attached hydrogens (tertiary/aromatic N) is 2. The normalized spacial score (nSPS) is 10.8. The zero-order valence-electron chi connectivity index (χ0n) is 14.8. The summed E-state index contributed by atoms with van der Waals surface area (Å²) in [5, 5.41) is 0. The third kappa shape index (κ3) is 3.36. The number of rotatable bonds is 6. The van der Waals surface area contributed by atoms with E-state index in [-0.39, 0.29) is 5.97 Å². The molecule has 0 saturated heterocycles. The van der Waals surface area contributed by atoms with E-state index in [2.05, 4.69) is 24.0 Å². The first-order valence-corrected chi connectivity index (χ1v) is 8.58. The molecule has 0 radical (unpaired) electrons. The predicted molar refractivity (Wildman–Crippen MR) is 97.1 cm³/mol. The number of carbonyl (C=O) groups excluding carboxylic acids is 1. The number of carbonyl (C=O) groups is 1. The fourth-order valence-electron chi connectivity index (χ4n) is 2.86. The van der Waals surface area contributed by atoms with Crippen molar-refractivity contribution in [1.29, 1.82) is 0 Å². The van der Waals surface area contributed by atoms with Gasteiger partial charge in [-0.15, -0.1) is 0 Å². The first-order valence-electron chi connectivity index (χ1n) is 8.58. The van der Waals surface area contributed by atoms with Gasteiger partial charge in [0.05, 0.1) is 24.5 Å². The molecular formula is C20H22N2O3. The van der Waals surface area contributed by atoms with Gasteiger partial charge in [-0.1, -0.05) is 6.92 Å². The zero-order valence-corrected chi connectivity index (χ0v) is 14.8. The van der Waals surface area contributed by atoms with Gasteiger partial charge in [-0.25, -0.2) is 9.78 Å². The van der Waals surface area contributed by atoms with Crippen LogP contribution in [0.4, 0.5) is 0 Å². The molecule has 3 aromatic rings. The molecule has 5 heteroatoms. The summed E-state index contributed by atoms with van der Waals surface area (Å²) in [6, 6.07) is 9.76. The standard InChI is InChI=1S/C20H22N2O3/c1-4-14-9-10-22-16(11-14)12-17(20(23)25-6-3)19(22)15-7-8-18(21-13-15)24-5-2/h7-13H,4-6H2,1-3H3. The van der Waals surface area contributed by atoms with Crippen molar-refractivity contribution in [3.63, 3.8) is 0 Å². The van der Waals surface area contributed by atoms with Crippen molar-refractivity contribution in [3.8, 4) is 17.1 Å². The van der Waals surface area contributed by atoms with E-state index < -0.39 is 0 Å². The van der Waals surface area contributed by atoms with E-state index >= 15 is 0 Å². The maximum Gasteiger partial charge on any atom is 0.340 e. The van der Waals surface area contributed by atoms with Crippen LogP contribution in [0.15, 0.2) is 42.7 Å². The van der Waals surface area contributed by atoms with Crippen LogP contribution in [0.1, 0.15) is 36.7 Å². The number of hydrogen-bond donors (Lipinski definition) is 0. The Balaban J connectivity index is 2.16. The Morgan fingerprint density at radius 1 is 1.12 bits per heavy atom. The largest absolute Gasteiger partial charge is 0.478 e. The van der Waals surface area contributed by atoms with Crippen LogP contribution >= 0.6 is 0 Å². The fourth-order valence-corrected chi connectivity index (χ4v) is 2.86. The highest BCUT2D eigenvalue weighted by Gasteiger charge is 2.20. The van der Waals surface area contributed by atoms with Gasteiger partial charge in [-0.2, -0.15) is 0 Å². The minimum Gasteiger partial charge on any atom is -0.478 e. The summed E-state index contributed by atoms with van der Waals surface area (Å²) >= 11 is 0. The second-order valence-electron chi connectivity index (χ2n) is 5.63. The summed E-state index contributed by atoms with van der Waals surface area (Å²) in [5.74, 6) is 0.242. The van der Waals surface area contributed by atoms with Gasteiger partial charge in [0.1, 0.15) is 0 Å². The van der Waals surface area contributed by atoms with Crippen molar-refractivity contribution in [2.45, 2.75) is 27.2 Å². The van der Waals surface area contributed by atoms with Crippen LogP contribution in [-0.4, -0.2) is 28.6 Å². The Bertz CT molecular complexity index is 882. The van der Waals surface area contributed by atoms with E-state index in [1.165, 1.54) is 5.56 Å². The van der Waals surface area contributed by atoms with E-state index in [0.717, 1.165) is 23.2 Å². The van der Waals surface area contributed by atoms with Gasteiger partial charge in [-0.3, -0.25) is 0 Å². The van der Waals surface area contributed by atoms with E-state index in [1.807, 2.05) is 35.7 Å². The highest BCUT2D eigenvalue weighted by Crippen LogP contribution is 2.29. The Labute approximate surface area is 147 Å². The summed E-state index contributed by atoms with van der Waals surface area (Å²) in [7, 11) is 0. The molecule has 0 aliphatic rings. The molecule has 25 heavy (non-hydrogen) atoms. The van der Waals surface area contributed by atoms with Gasteiger partial charge in [0, 0.05) is 29.5 Å². The Hall–Kier alpha value is -2.82. The van der Waals surface area contributed by atoms with E-state index in [4.69, 9.17) is 9.47 Å². The van der Waals surface area contributed by atoms with Gasteiger partial charge in [0.2, 0.25) is 5.88 Å². The van der Waals surface area contributed by atoms with Crippen molar-refractivity contribution in [2.24, 2.45) is 0 Å². The van der Waals surface area contributed by atoms with Crippen LogP contribution in [0.3, 0.4) is 0 Å². The number of fused-ring (bicyclic) bond motifs is 1. The first kappa shape index (κ1) is 17.0. The molecule has 130 valence electrons. The molecule has 0 aliphatic heterocycles. The molecule has 0 fully saturated rings. The summed E-state index contributed by atoms with van der Waals surface area (Å²) in [6.07, 6.45) is 4.66. The molecule has 5 nitrogen and oxygen atoms in total.